The van der Waals surface area contributed by atoms with E-state index < -0.39 is 0 Å². The number of nitriles is 1. The van der Waals surface area contributed by atoms with Crippen LogP contribution in [0.3, 0.4) is 0 Å². The number of nitrogens with zero attached hydrogens (tertiary/aromatic N) is 1. The van der Waals surface area contributed by atoms with Gasteiger partial charge in [0.25, 0.3) is 0 Å². The molecule has 13 heavy (non-hydrogen) atoms. The fourth-order valence-corrected chi connectivity index (χ4v) is 1.36. The number of phenolic OH excluding ortho intramolecular Hbond substituents is 1. The van der Waals surface area contributed by atoms with Crippen molar-refractivity contribution in [3.8, 4) is 11.8 Å². The molecule has 1 rings (SSSR count). The van der Waals surface area contributed by atoms with E-state index in [2.05, 4.69) is 6.07 Å². The third-order valence-electron chi connectivity index (χ3n) is 2.10. The Bertz CT molecular complexity index is 305. The molecule has 0 atom stereocenters. The predicted molar refractivity (Wildman–Crippen MR) is 51.4 cm³/mol. The van der Waals surface area contributed by atoms with Crippen LogP contribution in [0.25, 0.3) is 0 Å². The maximum atomic E-state index is 9.51. The highest BCUT2D eigenvalue weighted by Gasteiger charge is 2.02. The number of aryl methyl sites for hydroxylation is 1. The van der Waals surface area contributed by atoms with Crippen LogP contribution in [0.2, 0.25) is 0 Å². The van der Waals surface area contributed by atoms with Crippen LogP contribution in [-0.2, 0) is 6.42 Å². The molecule has 1 aromatic rings. The van der Waals surface area contributed by atoms with Crippen LogP contribution in [-0.4, -0.2) is 5.11 Å². The Morgan fingerprint density at radius 2 is 2.23 bits per heavy atom. The second-order valence-corrected chi connectivity index (χ2v) is 3.08. The Balaban J connectivity index is 2.71. The summed E-state index contributed by atoms with van der Waals surface area (Å²) in [6.07, 6.45) is 2.15. The highest BCUT2D eigenvalue weighted by molar-refractivity contribution is 5.38. The van der Waals surface area contributed by atoms with Gasteiger partial charge in [0.2, 0.25) is 0 Å². The lowest BCUT2D eigenvalue weighted by Gasteiger charge is -2.06. The molecule has 0 fully saturated rings. The van der Waals surface area contributed by atoms with E-state index in [1.165, 1.54) is 0 Å². The van der Waals surface area contributed by atoms with Crippen molar-refractivity contribution in [2.24, 2.45) is 0 Å². The quantitative estimate of drug-likeness (QED) is 0.717. The standard InChI is InChI=1S/C11H13NO/c1-9-5-4-7-11(13)10(9)6-2-3-8-12/h4-5,7,13H,2-3,6H2,1H3. The molecule has 0 aliphatic heterocycles. The van der Waals surface area contributed by atoms with Gasteiger partial charge in [0.05, 0.1) is 6.07 Å². The van der Waals surface area contributed by atoms with E-state index in [4.69, 9.17) is 5.26 Å². The lowest BCUT2D eigenvalue weighted by Crippen LogP contribution is -1.89. The van der Waals surface area contributed by atoms with Crippen molar-refractivity contribution in [1.82, 2.24) is 0 Å². The molecule has 0 saturated heterocycles. The van der Waals surface area contributed by atoms with E-state index in [9.17, 15) is 5.11 Å². The van der Waals surface area contributed by atoms with Crippen LogP contribution in [0, 0.1) is 18.3 Å². The van der Waals surface area contributed by atoms with E-state index in [0.717, 1.165) is 24.0 Å². The van der Waals surface area contributed by atoms with Gasteiger partial charge in [0.15, 0.2) is 0 Å². The summed E-state index contributed by atoms with van der Waals surface area (Å²) in [7, 11) is 0. The topological polar surface area (TPSA) is 44.0 Å². The average Bonchev–Trinajstić information content (AvgIpc) is 2.10. The molecule has 2 nitrogen and oxygen atoms in total. The Hall–Kier alpha value is -1.49. The number of hydrogen-bond acceptors (Lipinski definition) is 2. The SMILES string of the molecule is Cc1cccc(O)c1CCCC#N. The van der Waals surface area contributed by atoms with E-state index >= 15 is 0 Å². The summed E-state index contributed by atoms with van der Waals surface area (Å²) in [6, 6.07) is 7.59. The highest BCUT2D eigenvalue weighted by Crippen LogP contribution is 2.22. The molecule has 2 heteroatoms. The molecule has 0 unspecified atom stereocenters. The number of hydrogen-bond donors (Lipinski definition) is 1. The summed E-state index contributed by atoms with van der Waals surface area (Å²) < 4.78 is 0. The number of benzene rings is 1. The number of phenols is 1. The molecule has 0 radical (unpaired) electrons. The van der Waals surface area contributed by atoms with Gasteiger partial charge >= 0.3 is 0 Å². The molecule has 0 aliphatic rings. The zero-order valence-electron chi connectivity index (χ0n) is 7.75. The number of rotatable bonds is 3. The molecular weight excluding hydrogens is 162 g/mol. The molecule has 0 aromatic heterocycles. The first kappa shape index (κ1) is 9.60. The van der Waals surface area contributed by atoms with E-state index in [-0.39, 0.29) is 0 Å². The van der Waals surface area contributed by atoms with Gasteiger partial charge in [-0.15, -0.1) is 0 Å². The molecule has 0 spiro atoms. The molecule has 1 N–H and O–H groups in total. The molecule has 68 valence electrons. The van der Waals surface area contributed by atoms with Gasteiger partial charge in [-0.05, 0) is 37.0 Å². The summed E-state index contributed by atoms with van der Waals surface area (Å²) in [6.45, 7) is 1.97. The Morgan fingerprint density at radius 1 is 1.46 bits per heavy atom. The Kier molecular flexibility index (Phi) is 3.33. The third-order valence-corrected chi connectivity index (χ3v) is 2.10. The second-order valence-electron chi connectivity index (χ2n) is 3.08. The maximum absolute atomic E-state index is 9.51. The summed E-state index contributed by atoms with van der Waals surface area (Å²) in [5.41, 5.74) is 2.07. The van der Waals surface area contributed by atoms with Crippen molar-refractivity contribution < 1.29 is 5.11 Å². The lowest BCUT2D eigenvalue weighted by atomic mass is 10.0. The number of unbranched alkanes of at least 4 members (excludes halogenated alkanes) is 1. The zero-order valence-corrected chi connectivity index (χ0v) is 7.75. The van der Waals surface area contributed by atoms with E-state index in [0.29, 0.717) is 12.2 Å². The summed E-state index contributed by atoms with van der Waals surface area (Å²) in [5.74, 6) is 0.345. The van der Waals surface area contributed by atoms with Gasteiger partial charge in [-0.2, -0.15) is 5.26 Å². The van der Waals surface area contributed by atoms with Crippen molar-refractivity contribution in [2.75, 3.05) is 0 Å². The minimum Gasteiger partial charge on any atom is -0.508 e. The monoisotopic (exact) mass is 175 g/mol. The smallest absolute Gasteiger partial charge is 0.119 e. The first-order chi connectivity index (χ1) is 6.25. The average molecular weight is 175 g/mol. The van der Waals surface area contributed by atoms with Crippen molar-refractivity contribution in [2.45, 2.75) is 26.2 Å². The van der Waals surface area contributed by atoms with Crippen LogP contribution in [0.4, 0.5) is 0 Å². The van der Waals surface area contributed by atoms with Crippen LogP contribution in [0.5, 0.6) is 5.75 Å². The van der Waals surface area contributed by atoms with Gasteiger partial charge in [0, 0.05) is 6.42 Å². The van der Waals surface area contributed by atoms with Crippen molar-refractivity contribution in [1.29, 1.82) is 5.26 Å². The van der Waals surface area contributed by atoms with Crippen molar-refractivity contribution in [3.63, 3.8) is 0 Å². The molecule has 0 bridgehead atoms. The Morgan fingerprint density at radius 3 is 2.85 bits per heavy atom. The lowest BCUT2D eigenvalue weighted by molar-refractivity contribution is 0.466. The molecule has 0 aliphatic carbocycles. The van der Waals surface area contributed by atoms with E-state index in [1.54, 1.807) is 6.07 Å². The fraction of sp³-hybridized carbons (Fsp3) is 0.364. The van der Waals surface area contributed by atoms with Gasteiger partial charge in [0.1, 0.15) is 5.75 Å². The second kappa shape index (κ2) is 4.51. The first-order valence-corrected chi connectivity index (χ1v) is 4.40. The van der Waals surface area contributed by atoms with Crippen LogP contribution < -0.4 is 0 Å². The molecule has 0 saturated carbocycles. The van der Waals surface area contributed by atoms with Crippen LogP contribution in [0.15, 0.2) is 18.2 Å². The van der Waals surface area contributed by atoms with Gasteiger partial charge in [-0.3, -0.25) is 0 Å². The summed E-state index contributed by atoms with van der Waals surface area (Å²) >= 11 is 0. The largest absolute Gasteiger partial charge is 0.508 e. The summed E-state index contributed by atoms with van der Waals surface area (Å²) in [4.78, 5) is 0. The predicted octanol–water partition coefficient (Wildman–Crippen LogP) is 2.55. The first-order valence-electron chi connectivity index (χ1n) is 4.40. The van der Waals surface area contributed by atoms with Crippen LogP contribution >= 0.6 is 0 Å². The molecule has 1 aromatic carbocycles. The maximum Gasteiger partial charge on any atom is 0.119 e. The van der Waals surface area contributed by atoms with E-state index in [1.807, 2.05) is 19.1 Å². The van der Waals surface area contributed by atoms with Gasteiger partial charge < -0.3 is 5.11 Å². The Labute approximate surface area is 78.4 Å². The van der Waals surface area contributed by atoms with Gasteiger partial charge in [-0.1, -0.05) is 12.1 Å². The zero-order chi connectivity index (χ0) is 9.68. The fourth-order valence-electron chi connectivity index (χ4n) is 1.36. The number of aromatic hydroxyl groups is 1. The van der Waals surface area contributed by atoms with Gasteiger partial charge in [-0.25, -0.2) is 0 Å². The minimum atomic E-state index is 0.345. The third kappa shape index (κ3) is 2.48. The van der Waals surface area contributed by atoms with Crippen molar-refractivity contribution in [3.05, 3.63) is 29.3 Å². The molecular formula is C11H13NO. The molecule has 0 heterocycles. The van der Waals surface area contributed by atoms with Crippen LogP contribution in [0.1, 0.15) is 24.0 Å². The van der Waals surface area contributed by atoms with Crippen molar-refractivity contribution >= 4 is 0 Å². The summed E-state index contributed by atoms with van der Waals surface area (Å²) in [5, 5.41) is 17.9. The molecule has 0 amide bonds. The highest BCUT2D eigenvalue weighted by atomic mass is 16.3. The minimum absolute atomic E-state index is 0.345. The normalized spacial score (nSPS) is 9.54.